The number of pyridine rings is 3. The molecule has 0 saturated heterocycles. The van der Waals surface area contributed by atoms with Crippen molar-refractivity contribution in [2.75, 3.05) is 0 Å². The molecule has 3 heterocycles. The molecule has 0 radical (unpaired) electrons. The molecular formula is C47H31N3. The SMILES string of the molecule is c1ccc(-c2ccc(-c3ccc4nc(-c5ccc(-c6ccccc6)cc5)cc(-c5ccc(-c6cnc7ccccc7c6)nc5)c4c3)cc2)cc1. The summed E-state index contributed by atoms with van der Waals surface area (Å²) in [5, 5.41) is 2.18. The zero-order valence-corrected chi connectivity index (χ0v) is 27.2. The predicted molar refractivity (Wildman–Crippen MR) is 207 cm³/mol. The topological polar surface area (TPSA) is 38.7 Å². The Morgan fingerprint density at radius 3 is 1.50 bits per heavy atom. The van der Waals surface area contributed by atoms with Crippen LogP contribution in [-0.4, -0.2) is 15.0 Å². The number of para-hydroxylation sites is 1. The first-order chi connectivity index (χ1) is 24.7. The monoisotopic (exact) mass is 637 g/mol. The molecule has 0 amide bonds. The second-order valence-electron chi connectivity index (χ2n) is 12.5. The van der Waals surface area contributed by atoms with Gasteiger partial charge in [0.2, 0.25) is 0 Å². The van der Waals surface area contributed by atoms with Crippen molar-refractivity contribution in [3.8, 4) is 67.0 Å². The fourth-order valence-electron chi connectivity index (χ4n) is 6.68. The number of hydrogen-bond acceptors (Lipinski definition) is 3. The molecule has 0 unspecified atom stereocenters. The Labute approximate surface area is 291 Å². The Morgan fingerprint density at radius 2 is 0.840 bits per heavy atom. The van der Waals surface area contributed by atoms with Crippen LogP contribution in [0.2, 0.25) is 0 Å². The highest BCUT2D eigenvalue weighted by atomic mass is 14.7. The van der Waals surface area contributed by atoms with E-state index in [1.54, 1.807) is 0 Å². The average molecular weight is 638 g/mol. The van der Waals surface area contributed by atoms with E-state index in [2.05, 4.69) is 151 Å². The van der Waals surface area contributed by atoms with Crippen LogP contribution in [0.1, 0.15) is 0 Å². The standard InChI is InChI=1S/C47H31N3/c1-3-9-32(10-4-1)34-15-17-36(18-16-34)38-23-26-46-43(28-38)42(29-47(50-46)37-21-19-35(20-22-37)33-11-5-2-6-12-33)40-24-25-45(48-30-40)41-27-39-13-7-8-14-44(39)49-31-41/h1-31H. The van der Waals surface area contributed by atoms with Crippen LogP contribution in [0.3, 0.4) is 0 Å². The molecule has 50 heavy (non-hydrogen) atoms. The lowest BCUT2D eigenvalue weighted by Crippen LogP contribution is -1.92. The van der Waals surface area contributed by atoms with Gasteiger partial charge in [-0.2, -0.15) is 0 Å². The first kappa shape index (κ1) is 29.4. The molecule has 3 nitrogen and oxygen atoms in total. The third kappa shape index (κ3) is 5.72. The van der Waals surface area contributed by atoms with Gasteiger partial charge in [0.1, 0.15) is 0 Å². The van der Waals surface area contributed by atoms with Gasteiger partial charge in [0.25, 0.3) is 0 Å². The summed E-state index contributed by atoms with van der Waals surface area (Å²) < 4.78 is 0. The van der Waals surface area contributed by atoms with Crippen LogP contribution >= 0.6 is 0 Å². The smallest absolute Gasteiger partial charge is 0.0718 e. The van der Waals surface area contributed by atoms with Gasteiger partial charge in [0, 0.05) is 39.9 Å². The van der Waals surface area contributed by atoms with Crippen LogP contribution in [0, 0.1) is 0 Å². The minimum absolute atomic E-state index is 0.890. The predicted octanol–water partition coefficient (Wildman–Crippen LogP) is 12.2. The summed E-state index contributed by atoms with van der Waals surface area (Å²) >= 11 is 0. The third-order valence-corrected chi connectivity index (χ3v) is 9.38. The summed E-state index contributed by atoms with van der Waals surface area (Å²) in [6, 6.07) is 61.8. The molecule has 0 aliphatic carbocycles. The molecule has 0 aliphatic rings. The summed E-state index contributed by atoms with van der Waals surface area (Å²) in [5.41, 5.74) is 15.0. The molecule has 0 N–H and O–H groups in total. The van der Waals surface area contributed by atoms with E-state index in [4.69, 9.17) is 9.97 Å². The molecule has 3 heteroatoms. The Kier molecular flexibility index (Phi) is 7.49. The fraction of sp³-hybridized carbons (Fsp3) is 0. The number of nitrogens with zero attached hydrogens (tertiary/aromatic N) is 3. The second-order valence-corrected chi connectivity index (χ2v) is 12.5. The lowest BCUT2D eigenvalue weighted by atomic mass is 9.94. The maximum atomic E-state index is 5.19. The van der Waals surface area contributed by atoms with E-state index in [0.717, 1.165) is 66.6 Å². The van der Waals surface area contributed by atoms with Crippen LogP contribution in [0.25, 0.3) is 88.8 Å². The van der Waals surface area contributed by atoms with E-state index in [9.17, 15) is 0 Å². The van der Waals surface area contributed by atoms with Crippen molar-refractivity contribution in [1.29, 1.82) is 0 Å². The van der Waals surface area contributed by atoms with E-state index >= 15 is 0 Å². The van der Waals surface area contributed by atoms with Gasteiger partial charge in [-0.25, -0.2) is 4.98 Å². The van der Waals surface area contributed by atoms with Crippen LogP contribution in [0.4, 0.5) is 0 Å². The van der Waals surface area contributed by atoms with E-state index < -0.39 is 0 Å². The molecule has 0 saturated carbocycles. The molecule has 0 aliphatic heterocycles. The summed E-state index contributed by atoms with van der Waals surface area (Å²) in [4.78, 5) is 14.8. The number of benzene rings is 6. The summed E-state index contributed by atoms with van der Waals surface area (Å²) in [7, 11) is 0. The Bertz CT molecular complexity index is 2590. The van der Waals surface area contributed by atoms with Crippen molar-refractivity contribution >= 4 is 21.8 Å². The van der Waals surface area contributed by atoms with Gasteiger partial charge in [0.15, 0.2) is 0 Å². The minimum atomic E-state index is 0.890. The van der Waals surface area contributed by atoms with Crippen LogP contribution in [0.5, 0.6) is 0 Å². The first-order valence-corrected chi connectivity index (χ1v) is 16.8. The Hall–Kier alpha value is -6.71. The lowest BCUT2D eigenvalue weighted by Gasteiger charge is -2.13. The highest BCUT2D eigenvalue weighted by molar-refractivity contribution is 5.99. The number of fused-ring (bicyclic) bond motifs is 2. The van der Waals surface area contributed by atoms with Crippen LogP contribution in [-0.2, 0) is 0 Å². The van der Waals surface area contributed by atoms with Crippen molar-refractivity contribution in [2.45, 2.75) is 0 Å². The van der Waals surface area contributed by atoms with Gasteiger partial charge in [-0.05, 0) is 75.3 Å². The van der Waals surface area contributed by atoms with Crippen molar-refractivity contribution in [3.05, 3.63) is 188 Å². The number of aromatic nitrogens is 3. The van der Waals surface area contributed by atoms with Crippen molar-refractivity contribution in [3.63, 3.8) is 0 Å². The molecule has 0 bridgehead atoms. The molecule has 9 rings (SSSR count). The van der Waals surface area contributed by atoms with Crippen molar-refractivity contribution < 1.29 is 0 Å². The fourth-order valence-corrected chi connectivity index (χ4v) is 6.68. The Balaban J connectivity index is 1.13. The maximum Gasteiger partial charge on any atom is 0.0718 e. The van der Waals surface area contributed by atoms with Gasteiger partial charge in [-0.15, -0.1) is 0 Å². The quantitative estimate of drug-likeness (QED) is 0.182. The van der Waals surface area contributed by atoms with E-state index in [-0.39, 0.29) is 0 Å². The third-order valence-electron chi connectivity index (χ3n) is 9.38. The van der Waals surface area contributed by atoms with Crippen LogP contribution < -0.4 is 0 Å². The Morgan fingerprint density at radius 1 is 0.300 bits per heavy atom. The van der Waals surface area contributed by atoms with Crippen molar-refractivity contribution in [2.24, 2.45) is 0 Å². The molecule has 3 aromatic heterocycles. The molecular weight excluding hydrogens is 607 g/mol. The molecule has 6 aromatic carbocycles. The van der Waals surface area contributed by atoms with Crippen LogP contribution in [0.15, 0.2) is 188 Å². The highest BCUT2D eigenvalue weighted by Crippen LogP contribution is 2.36. The molecule has 0 atom stereocenters. The first-order valence-electron chi connectivity index (χ1n) is 16.8. The van der Waals surface area contributed by atoms with E-state index in [0.29, 0.717) is 0 Å². The minimum Gasteiger partial charge on any atom is -0.256 e. The zero-order valence-electron chi connectivity index (χ0n) is 27.2. The van der Waals surface area contributed by atoms with Gasteiger partial charge in [-0.1, -0.05) is 140 Å². The van der Waals surface area contributed by atoms with Gasteiger partial charge in [-0.3, -0.25) is 9.97 Å². The summed E-state index contributed by atoms with van der Waals surface area (Å²) in [6.07, 6.45) is 3.88. The molecule has 234 valence electrons. The summed E-state index contributed by atoms with van der Waals surface area (Å²) in [6.45, 7) is 0. The molecule has 9 aromatic rings. The van der Waals surface area contributed by atoms with E-state index in [1.165, 1.54) is 22.3 Å². The molecule has 0 fully saturated rings. The lowest BCUT2D eigenvalue weighted by molar-refractivity contribution is 1.30. The molecule has 0 spiro atoms. The van der Waals surface area contributed by atoms with Gasteiger partial charge in [0.05, 0.1) is 22.4 Å². The van der Waals surface area contributed by atoms with Crippen molar-refractivity contribution in [1.82, 2.24) is 15.0 Å². The number of hydrogen-bond donors (Lipinski definition) is 0. The summed E-state index contributed by atoms with van der Waals surface area (Å²) in [5.74, 6) is 0. The normalized spacial score (nSPS) is 11.2. The second kappa shape index (κ2) is 12.7. The van der Waals surface area contributed by atoms with Gasteiger partial charge < -0.3 is 0 Å². The largest absolute Gasteiger partial charge is 0.256 e. The average Bonchev–Trinajstić information content (AvgIpc) is 3.21. The van der Waals surface area contributed by atoms with Gasteiger partial charge >= 0.3 is 0 Å². The zero-order chi connectivity index (χ0) is 33.3. The highest BCUT2D eigenvalue weighted by Gasteiger charge is 2.13. The number of rotatable bonds is 6. The maximum absolute atomic E-state index is 5.19. The van der Waals surface area contributed by atoms with E-state index in [1.807, 2.05) is 42.7 Å².